The average molecular weight is 635 g/mol. The molecule has 0 radical (unpaired) electrons. The van der Waals surface area contributed by atoms with Gasteiger partial charge >= 0.3 is 0 Å². The molecule has 1 unspecified atom stereocenters. The van der Waals surface area contributed by atoms with Crippen LogP contribution in [0.3, 0.4) is 0 Å². The number of aromatic nitrogens is 1. The van der Waals surface area contributed by atoms with E-state index in [-0.39, 0.29) is 12.6 Å². The molecule has 8 aromatic rings. The van der Waals surface area contributed by atoms with E-state index in [0.29, 0.717) is 0 Å². The van der Waals surface area contributed by atoms with Crippen LogP contribution in [0.5, 0.6) is 0 Å². The van der Waals surface area contributed by atoms with E-state index in [9.17, 15) is 0 Å². The first-order valence-corrected chi connectivity index (χ1v) is 17.5. The Morgan fingerprint density at radius 1 is 0.500 bits per heavy atom. The van der Waals surface area contributed by atoms with Gasteiger partial charge in [0.2, 0.25) is 6.71 Å². The second-order valence-electron chi connectivity index (χ2n) is 13.6. The molecule has 0 saturated heterocycles. The summed E-state index contributed by atoms with van der Waals surface area (Å²) in [6, 6.07) is 67.2. The SMILES string of the molecule is c1ccc(-c2c(-c3ccccc3)n3c4c(cccc24)B2C4=C(c5ccccc5C4c4ccccc4)N(c4ccccc4)c4cccc-3c42)cc1. The molecule has 0 bridgehead atoms. The number of hydrogen-bond donors (Lipinski definition) is 0. The molecule has 0 saturated carbocycles. The third-order valence-corrected chi connectivity index (χ3v) is 11.1. The topological polar surface area (TPSA) is 8.17 Å². The third kappa shape index (κ3) is 3.69. The lowest BCUT2D eigenvalue weighted by molar-refractivity contribution is 1.02. The van der Waals surface area contributed by atoms with Crippen LogP contribution in [0, 0.1) is 0 Å². The van der Waals surface area contributed by atoms with Crippen molar-refractivity contribution in [2.24, 2.45) is 0 Å². The highest BCUT2D eigenvalue weighted by Crippen LogP contribution is 2.54. The molecule has 2 aliphatic heterocycles. The predicted molar refractivity (Wildman–Crippen MR) is 209 cm³/mol. The average Bonchev–Trinajstić information content (AvgIpc) is 3.72. The summed E-state index contributed by atoms with van der Waals surface area (Å²) < 4.78 is 2.59. The van der Waals surface area contributed by atoms with Gasteiger partial charge in [0.15, 0.2) is 0 Å². The van der Waals surface area contributed by atoms with Crippen LogP contribution in [0.1, 0.15) is 22.6 Å². The number of allylic oxidation sites excluding steroid dienone is 1. The van der Waals surface area contributed by atoms with Crippen LogP contribution in [0.25, 0.3) is 44.7 Å². The lowest BCUT2D eigenvalue weighted by Crippen LogP contribution is -2.54. The Hall–Kier alpha value is -6.32. The molecule has 50 heavy (non-hydrogen) atoms. The number of anilines is 2. The zero-order valence-corrected chi connectivity index (χ0v) is 27.4. The van der Waals surface area contributed by atoms with Crippen molar-refractivity contribution in [1.82, 2.24) is 4.57 Å². The number of hydrogen-bond acceptors (Lipinski definition) is 1. The van der Waals surface area contributed by atoms with Crippen LogP contribution < -0.4 is 15.8 Å². The predicted octanol–water partition coefficient (Wildman–Crippen LogP) is 10.1. The fourth-order valence-electron chi connectivity index (χ4n) is 9.26. The minimum absolute atomic E-state index is 0.0760. The zero-order chi connectivity index (χ0) is 32.8. The molecule has 1 atom stereocenters. The maximum Gasteiger partial charge on any atom is 0.248 e. The summed E-state index contributed by atoms with van der Waals surface area (Å²) in [5.74, 6) is 0.124. The molecule has 7 aromatic carbocycles. The summed E-state index contributed by atoms with van der Waals surface area (Å²) >= 11 is 0. The van der Waals surface area contributed by atoms with Gasteiger partial charge in [0.1, 0.15) is 0 Å². The van der Waals surface area contributed by atoms with Crippen molar-refractivity contribution >= 4 is 45.6 Å². The van der Waals surface area contributed by atoms with E-state index in [1.807, 2.05) is 0 Å². The maximum atomic E-state index is 2.59. The Morgan fingerprint density at radius 3 is 1.88 bits per heavy atom. The smallest absolute Gasteiger partial charge is 0.248 e. The first kappa shape index (κ1) is 27.6. The van der Waals surface area contributed by atoms with Crippen molar-refractivity contribution in [2.45, 2.75) is 5.92 Å². The molecule has 232 valence electrons. The van der Waals surface area contributed by atoms with Gasteiger partial charge in [-0.05, 0) is 57.4 Å². The van der Waals surface area contributed by atoms with Crippen LogP contribution >= 0.6 is 0 Å². The van der Waals surface area contributed by atoms with Gasteiger partial charge in [0, 0.05) is 50.7 Å². The Morgan fingerprint density at radius 2 is 1.12 bits per heavy atom. The molecule has 3 aliphatic rings. The van der Waals surface area contributed by atoms with Gasteiger partial charge in [-0.15, -0.1) is 0 Å². The molecule has 0 amide bonds. The molecule has 0 fully saturated rings. The Bertz CT molecular complexity index is 2640. The molecule has 1 aliphatic carbocycles. The maximum absolute atomic E-state index is 2.59. The van der Waals surface area contributed by atoms with Crippen molar-refractivity contribution in [3.8, 4) is 28.1 Å². The third-order valence-electron chi connectivity index (χ3n) is 11.1. The first-order chi connectivity index (χ1) is 24.9. The summed E-state index contributed by atoms with van der Waals surface area (Å²) in [6.45, 7) is 0.0760. The number of nitrogens with zero attached hydrogens (tertiary/aromatic N) is 2. The van der Waals surface area contributed by atoms with Gasteiger partial charge in [-0.1, -0.05) is 163 Å². The molecule has 1 aromatic heterocycles. The highest BCUT2D eigenvalue weighted by Gasteiger charge is 2.49. The number of rotatable bonds is 4. The van der Waals surface area contributed by atoms with Crippen LogP contribution in [0.2, 0.25) is 0 Å². The van der Waals surface area contributed by atoms with Gasteiger partial charge in [0.25, 0.3) is 0 Å². The minimum atomic E-state index is 0.0760. The molecule has 11 rings (SSSR count). The number of benzene rings is 7. The van der Waals surface area contributed by atoms with Gasteiger partial charge < -0.3 is 9.47 Å². The van der Waals surface area contributed by atoms with E-state index in [1.54, 1.807) is 0 Å². The van der Waals surface area contributed by atoms with Gasteiger partial charge in [-0.25, -0.2) is 0 Å². The molecule has 3 heteroatoms. The molecular weight excluding hydrogens is 603 g/mol. The van der Waals surface area contributed by atoms with Gasteiger partial charge in [-0.2, -0.15) is 0 Å². The monoisotopic (exact) mass is 634 g/mol. The summed E-state index contributed by atoms with van der Waals surface area (Å²) in [5, 5.41) is 1.29. The second-order valence-corrected chi connectivity index (χ2v) is 13.6. The van der Waals surface area contributed by atoms with Crippen molar-refractivity contribution in [1.29, 1.82) is 0 Å². The molecule has 0 N–H and O–H groups in total. The van der Waals surface area contributed by atoms with E-state index in [2.05, 4.69) is 191 Å². The molecule has 0 spiro atoms. The number of para-hydroxylation sites is 2. The normalized spacial score (nSPS) is 15.2. The van der Waals surface area contributed by atoms with Crippen molar-refractivity contribution in [3.05, 3.63) is 204 Å². The van der Waals surface area contributed by atoms with Crippen LogP contribution in [-0.2, 0) is 0 Å². The van der Waals surface area contributed by atoms with E-state index < -0.39 is 0 Å². The summed E-state index contributed by atoms with van der Waals surface area (Å²) in [4.78, 5) is 2.56. The Balaban J connectivity index is 1.32. The molecular formula is C47H31BN2. The second kappa shape index (κ2) is 10.6. The van der Waals surface area contributed by atoms with Crippen LogP contribution in [0.15, 0.2) is 187 Å². The fourth-order valence-corrected chi connectivity index (χ4v) is 9.26. The largest absolute Gasteiger partial charge is 0.311 e. The van der Waals surface area contributed by atoms with Crippen LogP contribution in [0.4, 0.5) is 11.4 Å². The van der Waals surface area contributed by atoms with Crippen molar-refractivity contribution in [2.75, 3.05) is 4.90 Å². The standard InChI is InChI=1S/C47H31BN2/c1-5-17-31(18-6-1)41-35-25-13-14-26-36(35)47-44(41)48-38-28-15-27-37-42(32-19-7-2-8-20-32)45(33-21-9-3-10-22-33)50(46(37)38)40-30-16-29-39(43(40)48)49(47)34-23-11-4-12-24-34/h1-30,41H. The van der Waals surface area contributed by atoms with Gasteiger partial charge in [0.05, 0.1) is 5.69 Å². The highest BCUT2D eigenvalue weighted by molar-refractivity contribution is 6.96. The lowest BCUT2D eigenvalue weighted by Gasteiger charge is -2.41. The van der Waals surface area contributed by atoms with Crippen LogP contribution in [-0.4, -0.2) is 11.3 Å². The van der Waals surface area contributed by atoms with Gasteiger partial charge in [-0.3, -0.25) is 0 Å². The van der Waals surface area contributed by atoms with Crippen molar-refractivity contribution in [3.63, 3.8) is 0 Å². The fraction of sp³-hybridized carbons (Fsp3) is 0.0213. The molecule has 3 heterocycles. The zero-order valence-electron chi connectivity index (χ0n) is 27.4. The summed E-state index contributed by atoms with van der Waals surface area (Å²) in [5.41, 5.74) is 19.5. The number of fused-ring (bicyclic) bond motifs is 5. The van der Waals surface area contributed by atoms with Crippen molar-refractivity contribution < 1.29 is 0 Å². The Labute approximate surface area is 292 Å². The summed E-state index contributed by atoms with van der Waals surface area (Å²) in [6.07, 6.45) is 0. The van der Waals surface area contributed by atoms with E-state index in [1.165, 1.54) is 89.1 Å². The summed E-state index contributed by atoms with van der Waals surface area (Å²) in [7, 11) is 0. The van der Waals surface area contributed by atoms with E-state index >= 15 is 0 Å². The first-order valence-electron chi connectivity index (χ1n) is 17.5. The highest BCUT2D eigenvalue weighted by atomic mass is 15.2. The van der Waals surface area contributed by atoms with E-state index in [4.69, 9.17) is 0 Å². The minimum Gasteiger partial charge on any atom is -0.311 e. The quantitative estimate of drug-likeness (QED) is 0.175. The lowest BCUT2D eigenvalue weighted by atomic mass is 9.32. The van der Waals surface area contributed by atoms with E-state index in [0.717, 1.165) is 0 Å². The molecule has 2 nitrogen and oxygen atoms in total. The Kier molecular flexibility index (Phi) is 5.85.